The van der Waals surface area contributed by atoms with E-state index in [1.807, 2.05) is 48.5 Å². The molecule has 6 nitrogen and oxygen atoms in total. The molecule has 6 rings (SSSR count). The predicted octanol–water partition coefficient (Wildman–Crippen LogP) is 5.23. The Balaban J connectivity index is 1.14. The van der Waals surface area contributed by atoms with Gasteiger partial charge in [-0.15, -0.1) is 0 Å². The molecule has 0 radical (unpaired) electrons. The quantitative estimate of drug-likeness (QED) is 0.399. The van der Waals surface area contributed by atoms with Gasteiger partial charge >= 0.3 is 0 Å². The molecule has 0 N–H and O–H groups in total. The molecule has 4 aromatic rings. The van der Waals surface area contributed by atoms with Crippen molar-refractivity contribution in [1.82, 2.24) is 9.88 Å². The van der Waals surface area contributed by atoms with E-state index >= 15 is 0 Å². The Bertz CT molecular complexity index is 1290. The normalized spacial score (nSPS) is 20.1. The van der Waals surface area contributed by atoms with E-state index in [-0.39, 0.29) is 24.0 Å². The average molecular weight is 438 g/mol. The molecule has 2 atom stereocenters. The summed E-state index contributed by atoms with van der Waals surface area (Å²) < 4.78 is 12.1. The number of hydrogen-bond donors (Lipinski definition) is 0. The van der Waals surface area contributed by atoms with Crippen molar-refractivity contribution in [3.05, 3.63) is 89.5 Å². The molecular formula is C27H22N2O4. The number of aromatic nitrogens is 1. The van der Waals surface area contributed by atoms with Crippen LogP contribution in [0.15, 0.2) is 77.2 Å². The number of oxazole rings is 1. The molecule has 1 fully saturated rings. The van der Waals surface area contributed by atoms with Gasteiger partial charge in [-0.2, -0.15) is 0 Å². The SMILES string of the molecule is O=C1c2ccccc2C(=O)N1C1CCCC1OCc1ccc(-c2nc3ccccc3o2)cc1. The number of carbonyl (C=O) groups excluding carboxylic acids is 2. The maximum Gasteiger partial charge on any atom is 0.261 e. The number of ether oxygens (including phenoxy) is 1. The number of amides is 2. The molecule has 0 saturated heterocycles. The van der Waals surface area contributed by atoms with Crippen LogP contribution in [-0.2, 0) is 11.3 Å². The Morgan fingerprint density at radius 1 is 0.879 bits per heavy atom. The summed E-state index contributed by atoms with van der Waals surface area (Å²) in [7, 11) is 0. The Hall–Kier alpha value is -3.77. The van der Waals surface area contributed by atoms with Gasteiger partial charge < -0.3 is 9.15 Å². The number of benzene rings is 3. The summed E-state index contributed by atoms with van der Waals surface area (Å²) in [4.78, 5) is 31.7. The highest BCUT2D eigenvalue weighted by Gasteiger charge is 2.44. The first-order valence-electron chi connectivity index (χ1n) is 11.2. The lowest BCUT2D eigenvalue weighted by Gasteiger charge is -2.28. The number of nitrogens with zero attached hydrogens (tertiary/aromatic N) is 2. The van der Waals surface area contributed by atoms with Crippen molar-refractivity contribution in [2.45, 2.75) is 38.0 Å². The molecule has 0 spiro atoms. The average Bonchev–Trinajstić information content (AvgIpc) is 3.55. The molecule has 6 heteroatoms. The second-order valence-electron chi connectivity index (χ2n) is 8.56. The van der Waals surface area contributed by atoms with Crippen molar-refractivity contribution in [1.29, 1.82) is 0 Å². The van der Waals surface area contributed by atoms with Crippen molar-refractivity contribution < 1.29 is 18.7 Å². The van der Waals surface area contributed by atoms with Gasteiger partial charge in [-0.25, -0.2) is 4.98 Å². The van der Waals surface area contributed by atoms with Crippen molar-refractivity contribution in [2.75, 3.05) is 0 Å². The first kappa shape index (κ1) is 19.9. The van der Waals surface area contributed by atoms with Crippen LogP contribution in [0.2, 0.25) is 0 Å². The lowest BCUT2D eigenvalue weighted by Crippen LogP contribution is -2.45. The van der Waals surface area contributed by atoms with Crippen LogP contribution in [0.4, 0.5) is 0 Å². The molecule has 2 unspecified atom stereocenters. The zero-order valence-electron chi connectivity index (χ0n) is 17.9. The topological polar surface area (TPSA) is 72.6 Å². The van der Waals surface area contributed by atoms with Crippen molar-refractivity contribution in [3.63, 3.8) is 0 Å². The number of carbonyl (C=O) groups is 2. The monoisotopic (exact) mass is 438 g/mol. The van der Waals surface area contributed by atoms with Gasteiger partial charge in [0.1, 0.15) is 5.52 Å². The first-order valence-corrected chi connectivity index (χ1v) is 11.2. The largest absolute Gasteiger partial charge is 0.436 e. The van der Waals surface area contributed by atoms with Crippen LogP contribution < -0.4 is 0 Å². The third-order valence-corrected chi connectivity index (χ3v) is 6.53. The van der Waals surface area contributed by atoms with Gasteiger partial charge in [-0.3, -0.25) is 14.5 Å². The van der Waals surface area contributed by atoms with Crippen LogP contribution >= 0.6 is 0 Å². The van der Waals surface area contributed by atoms with Gasteiger partial charge in [0.15, 0.2) is 5.58 Å². The number of fused-ring (bicyclic) bond motifs is 2. The van der Waals surface area contributed by atoms with E-state index < -0.39 is 0 Å². The van der Waals surface area contributed by atoms with E-state index in [4.69, 9.17) is 9.15 Å². The van der Waals surface area contributed by atoms with E-state index in [1.54, 1.807) is 24.3 Å². The van der Waals surface area contributed by atoms with Gasteiger partial charge in [-0.1, -0.05) is 36.4 Å². The molecule has 1 aromatic heterocycles. The molecule has 2 amide bonds. The Morgan fingerprint density at radius 2 is 1.58 bits per heavy atom. The fourth-order valence-electron chi connectivity index (χ4n) is 4.85. The number of rotatable bonds is 5. The molecule has 1 aliphatic carbocycles. The highest BCUT2D eigenvalue weighted by molar-refractivity contribution is 6.21. The summed E-state index contributed by atoms with van der Waals surface area (Å²) in [5.74, 6) is 0.169. The van der Waals surface area contributed by atoms with E-state index in [9.17, 15) is 9.59 Å². The maximum atomic E-state index is 12.9. The second-order valence-corrected chi connectivity index (χ2v) is 8.56. The van der Waals surface area contributed by atoms with Crippen LogP contribution in [0.25, 0.3) is 22.6 Å². The lowest BCUT2D eigenvalue weighted by atomic mass is 10.1. The molecule has 164 valence electrons. The number of hydrogen-bond acceptors (Lipinski definition) is 5. The minimum atomic E-state index is -0.226. The smallest absolute Gasteiger partial charge is 0.261 e. The van der Waals surface area contributed by atoms with Gasteiger partial charge in [0.2, 0.25) is 5.89 Å². The van der Waals surface area contributed by atoms with E-state index in [0.29, 0.717) is 23.6 Å². The van der Waals surface area contributed by atoms with Crippen molar-refractivity contribution in [2.24, 2.45) is 0 Å². The molecule has 3 aromatic carbocycles. The van der Waals surface area contributed by atoms with E-state index in [2.05, 4.69) is 4.98 Å². The van der Waals surface area contributed by atoms with Crippen LogP contribution in [0.3, 0.4) is 0 Å². The Labute approximate surface area is 190 Å². The zero-order valence-corrected chi connectivity index (χ0v) is 17.9. The molecule has 2 aliphatic rings. The van der Waals surface area contributed by atoms with Crippen LogP contribution in [-0.4, -0.2) is 33.8 Å². The summed E-state index contributed by atoms with van der Waals surface area (Å²) in [6.07, 6.45) is 2.37. The third-order valence-electron chi connectivity index (χ3n) is 6.53. The number of imide groups is 1. The predicted molar refractivity (Wildman–Crippen MR) is 123 cm³/mol. The molecule has 0 bridgehead atoms. The summed E-state index contributed by atoms with van der Waals surface area (Å²) in [6, 6.07) is 22.4. The summed E-state index contributed by atoms with van der Waals surface area (Å²) in [6.45, 7) is 0.415. The van der Waals surface area contributed by atoms with Gasteiger partial charge in [-0.05, 0) is 61.2 Å². The van der Waals surface area contributed by atoms with Gasteiger partial charge in [0.25, 0.3) is 11.8 Å². The minimum Gasteiger partial charge on any atom is -0.436 e. The lowest BCUT2D eigenvalue weighted by molar-refractivity contribution is -0.000758. The minimum absolute atomic E-state index is 0.163. The molecule has 33 heavy (non-hydrogen) atoms. The standard InChI is InChI=1S/C27H22N2O4/c30-26-19-6-1-2-7-20(19)27(31)29(26)22-9-5-11-24(22)32-16-17-12-14-18(15-13-17)25-28-21-8-3-4-10-23(21)33-25/h1-4,6-8,10,12-15,22,24H,5,9,11,16H2. The van der Waals surface area contributed by atoms with Crippen molar-refractivity contribution in [3.8, 4) is 11.5 Å². The van der Waals surface area contributed by atoms with E-state index in [1.165, 1.54) is 4.90 Å². The van der Waals surface area contributed by atoms with Crippen LogP contribution in [0, 0.1) is 0 Å². The zero-order chi connectivity index (χ0) is 22.4. The fourth-order valence-corrected chi connectivity index (χ4v) is 4.85. The van der Waals surface area contributed by atoms with E-state index in [0.717, 1.165) is 41.5 Å². The Morgan fingerprint density at radius 3 is 2.30 bits per heavy atom. The maximum absolute atomic E-state index is 12.9. The number of para-hydroxylation sites is 2. The Kier molecular flexibility index (Phi) is 4.80. The van der Waals surface area contributed by atoms with Crippen LogP contribution in [0.5, 0.6) is 0 Å². The summed E-state index contributed by atoms with van der Waals surface area (Å²) >= 11 is 0. The molecule has 2 heterocycles. The highest BCUT2D eigenvalue weighted by Crippen LogP contribution is 2.34. The summed E-state index contributed by atoms with van der Waals surface area (Å²) in [5.41, 5.74) is 4.49. The van der Waals surface area contributed by atoms with Crippen LogP contribution in [0.1, 0.15) is 45.5 Å². The molecular weight excluding hydrogens is 416 g/mol. The summed E-state index contributed by atoms with van der Waals surface area (Å²) in [5, 5.41) is 0. The van der Waals surface area contributed by atoms with Gasteiger partial charge in [0.05, 0.1) is 29.9 Å². The van der Waals surface area contributed by atoms with Crippen molar-refractivity contribution >= 4 is 22.9 Å². The van der Waals surface area contributed by atoms with Gasteiger partial charge in [0, 0.05) is 5.56 Å². The molecule has 1 saturated carbocycles. The molecule has 1 aliphatic heterocycles. The first-order chi connectivity index (χ1) is 16.2. The fraction of sp³-hybridized carbons (Fsp3) is 0.222. The highest BCUT2D eigenvalue weighted by atomic mass is 16.5. The third kappa shape index (κ3) is 3.43. The second kappa shape index (κ2) is 7.98.